The Morgan fingerprint density at radius 1 is 1.00 bits per heavy atom. The van der Waals surface area contributed by atoms with E-state index in [0.29, 0.717) is 10.6 Å². The maximum Gasteiger partial charge on any atom is 0.311 e. The smallest absolute Gasteiger partial charge is 0.311 e. The van der Waals surface area contributed by atoms with Gasteiger partial charge in [0.1, 0.15) is 0 Å². The SMILES string of the molecule is C[C@@H](OC(=O)Cc1ccc(Cl)cc1)C(=O)NNC(=O)c1ccccc1. The molecule has 0 heterocycles. The van der Waals surface area contributed by atoms with Crippen LogP contribution >= 0.6 is 11.6 Å². The molecule has 130 valence electrons. The predicted octanol–water partition coefficient (Wildman–Crippen LogP) is 2.28. The zero-order valence-electron chi connectivity index (χ0n) is 13.5. The van der Waals surface area contributed by atoms with E-state index in [9.17, 15) is 14.4 Å². The lowest BCUT2D eigenvalue weighted by Crippen LogP contribution is -2.46. The number of hydrogen-bond acceptors (Lipinski definition) is 4. The average molecular weight is 361 g/mol. The molecule has 2 amide bonds. The lowest BCUT2D eigenvalue weighted by molar-refractivity contribution is -0.154. The molecule has 0 aliphatic heterocycles. The van der Waals surface area contributed by atoms with Crippen LogP contribution in [0.2, 0.25) is 5.02 Å². The summed E-state index contributed by atoms with van der Waals surface area (Å²) >= 11 is 5.78. The van der Waals surface area contributed by atoms with E-state index < -0.39 is 23.9 Å². The number of hydrogen-bond donors (Lipinski definition) is 2. The molecule has 0 radical (unpaired) electrons. The van der Waals surface area contributed by atoms with E-state index in [1.165, 1.54) is 6.92 Å². The van der Waals surface area contributed by atoms with Gasteiger partial charge in [-0.25, -0.2) is 0 Å². The maximum absolute atomic E-state index is 11.9. The number of carbonyl (C=O) groups is 3. The zero-order chi connectivity index (χ0) is 18.2. The summed E-state index contributed by atoms with van der Waals surface area (Å²) in [5.41, 5.74) is 5.61. The number of halogens is 1. The number of carbonyl (C=O) groups excluding carboxylic acids is 3. The summed E-state index contributed by atoms with van der Waals surface area (Å²) in [5.74, 6) is -1.65. The standard InChI is InChI=1S/C18H17ClN2O4/c1-12(25-16(22)11-13-7-9-15(19)10-8-13)17(23)20-21-18(24)14-5-3-2-4-6-14/h2-10,12H,11H2,1H3,(H,20,23)(H,21,24)/t12-/m1/s1. The predicted molar refractivity (Wildman–Crippen MR) is 92.8 cm³/mol. The fourth-order valence-electron chi connectivity index (χ4n) is 1.94. The Balaban J connectivity index is 1.78. The van der Waals surface area contributed by atoms with Gasteiger partial charge in [-0.15, -0.1) is 0 Å². The lowest BCUT2D eigenvalue weighted by Gasteiger charge is -2.14. The number of nitrogens with one attached hydrogen (secondary N) is 2. The summed E-state index contributed by atoms with van der Waals surface area (Å²) in [4.78, 5) is 35.6. The van der Waals surface area contributed by atoms with Crippen molar-refractivity contribution in [2.24, 2.45) is 0 Å². The van der Waals surface area contributed by atoms with Crippen molar-refractivity contribution in [1.29, 1.82) is 0 Å². The summed E-state index contributed by atoms with van der Waals surface area (Å²) in [7, 11) is 0. The van der Waals surface area contributed by atoms with Crippen molar-refractivity contribution in [3.8, 4) is 0 Å². The molecular weight excluding hydrogens is 344 g/mol. The van der Waals surface area contributed by atoms with Crippen LogP contribution in [0.3, 0.4) is 0 Å². The zero-order valence-corrected chi connectivity index (χ0v) is 14.2. The molecule has 0 aliphatic carbocycles. The third-order valence-corrected chi connectivity index (χ3v) is 3.53. The second-order valence-electron chi connectivity index (χ2n) is 5.24. The average Bonchev–Trinajstić information content (AvgIpc) is 2.62. The Morgan fingerprint density at radius 2 is 1.64 bits per heavy atom. The molecule has 0 saturated heterocycles. The highest BCUT2D eigenvalue weighted by Crippen LogP contribution is 2.10. The molecular formula is C18H17ClN2O4. The van der Waals surface area contributed by atoms with Gasteiger partial charge in [-0.05, 0) is 36.8 Å². The van der Waals surface area contributed by atoms with E-state index in [1.807, 2.05) is 0 Å². The van der Waals surface area contributed by atoms with Gasteiger partial charge in [-0.1, -0.05) is 41.9 Å². The van der Waals surface area contributed by atoms with Crippen molar-refractivity contribution >= 4 is 29.4 Å². The van der Waals surface area contributed by atoms with E-state index in [-0.39, 0.29) is 6.42 Å². The van der Waals surface area contributed by atoms with Gasteiger partial charge in [0, 0.05) is 10.6 Å². The molecule has 7 heteroatoms. The van der Waals surface area contributed by atoms with Gasteiger partial charge >= 0.3 is 5.97 Å². The van der Waals surface area contributed by atoms with Crippen LogP contribution in [-0.2, 0) is 20.7 Å². The quantitative estimate of drug-likeness (QED) is 0.633. The van der Waals surface area contributed by atoms with Crippen LogP contribution < -0.4 is 10.9 Å². The molecule has 0 saturated carbocycles. The van der Waals surface area contributed by atoms with Crippen LogP contribution in [0.25, 0.3) is 0 Å². The van der Waals surface area contributed by atoms with Crippen molar-refractivity contribution in [2.45, 2.75) is 19.4 Å². The molecule has 0 unspecified atom stereocenters. The first-order chi connectivity index (χ1) is 12.0. The van der Waals surface area contributed by atoms with E-state index >= 15 is 0 Å². The summed E-state index contributed by atoms with van der Waals surface area (Å²) in [6.45, 7) is 1.42. The molecule has 2 rings (SSSR count). The first-order valence-electron chi connectivity index (χ1n) is 7.55. The first-order valence-corrected chi connectivity index (χ1v) is 7.92. The van der Waals surface area contributed by atoms with Crippen molar-refractivity contribution in [3.63, 3.8) is 0 Å². The molecule has 2 aromatic rings. The topological polar surface area (TPSA) is 84.5 Å². The molecule has 2 N–H and O–H groups in total. The van der Waals surface area contributed by atoms with Gasteiger partial charge in [-0.3, -0.25) is 25.2 Å². The van der Waals surface area contributed by atoms with Crippen molar-refractivity contribution < 1.29 is 19.1 Å². The monoisotopic (exact) mass is 360 g/mol. The minimum Gasteiger partial charge on any atom is -0.452 e. The Labute approximate surface area is 150 Å². The lowest BCUT2D eigenvalue weighted by atomic mass is 10.1. The summed E-state index contributed by atoms with van der Waals surface area (Å²) < 4.78 is 5.05. The third-order valence-electron chi connectivity index (χ3n) is 3.27. The number of hydrazine groups is 1. The number of amides is 2. The van der Waals surface area contributed by atoms with Gasteiger partial charge in [-0.2, -0.15) is 0 Å². The number of ether oxygens (including phenoxy) is 1. The first kappa shape index (κ1) is 18.5. The van der Waals surface area contributed by atoms with Crippen molar-refractivity contribution in [1.82, 2.24) is 10.9 Å². The van der Waals surface area contributed by atoms with Crippen LogP contribution in [-0.4, -0.2) is 23.9 Å². The van der Waals surface area contributed by atoms with Gasteiger partial charge in [0.25, 0.3) is 11.8 Å². The second kappa shape index (κ2) is 8.84. The maximum atomic E-state index is 11.9. The van der Waals surface area contributed by atoms with Crippen LogP contribution in [0.15, 0.2) is 54.6 Å². The van der Waals surface area contributed by atoms with Crippen LogP contribution in [0.4, 0.5) is 0 Å². The van der Waals surface area contributed by atoms with Gasteiger partial charge in [0.05, 0.1) is 6.42 Å². The normalized spacial score (nSPS) is 11.3. The second-order valence-corrected chi connectivity index (χ2v) is 5.68. The number of rotatable bonds is 5. The summed E-state index contributed by atoms with van der Waals surface area (Å²) in [6, 6.07) is 15.1. The fourth-order valence-corrected chi connectivity index (χ4v) is 2.07. The number of esters is 1. The van der Waals surface area contributed by atoms with E-state index in [1.54, 1.807) is 54.6 Å². The molecule has 0 spiro atoms. The largest absolute Gasteiger partial charge is 0.452 e. The van der Waals surface area contributed by atoms with Crippen LogP contribution in [0.1, 0.15) is 22.8 Å². The van der Waals surface area contributed by atoms with E-state index in [0.717, 1.165) is 5.56 Å². The van der Waals surface area contributed by atoms with Crippen molar-refractivity contribution in [3.05, 3.63) is 70.7 Å². The van der Waals surface area contributed by atoms with Crippen molar-refractivity contribution in [2.75, 3.05) is 0 Å². The molecule has 1 atom stereocenters. The van der Waals surface area contributed by atoms with Crippen LogP contribution in [0.5, 0.6) is 0 Å². The molecule has 6 nitrogen and oxygen atoms in total. The summed E-state index contributed by atoms with van der Waals surface area (Å²) in [6.07, 6.45) is -1.03. The Hall–Kier alpha value is -2.86. The molecule has 0 bridgehead atoms. The molecule has 2 aromatic carbocycles. The Morgan fingerprint density at radius 3 is 2.28 bits per heavy atom. The highest BCUT2D eigenvalue weighted by Gasteiger charge is 2.18. The van der Waals surface area contributed by atoms with Gasteiger partial charge in [0.2, 0.25) is 0 Å². The fraction of sp³-hybridized carbons (Fsp3) is 0.167. The Bertz CT molecular complexity index is 747. The van der Waals surface area contributed by atoms with Crippen LogP contribution in [0, 0.1) is 0 Å². The minimum absolute atomic E-state index is 0.0190. The van der Waals surface area contributed by atoms with Gasteiger partial charge < -0.3 is 4.74 Å². The highest BCUT2D eigenvalue weighted by molar-refractivity contribution is 6.30. The molecule has 0 fully saturated rings. The minimum atomic E-state index is -1.05. The van der Waals surface area contributed by atoms with Gasteiger partial charge in [0.15, 0.2) is 6.10 Å². The van der Waals surface area contributed by atoms with E-state index in [2.05, 4.69) is 10.9 Å². The van der Waals surface area contributed by atoms with E-state index in [4.69, 9.17) is 16.3 Å². The Kier molecular flexibility index (Phi) is 6.54. The summed E-state index contributed by atoms with van der Waals surface area (Å²) in [5, 5.41) is 0.569. The number of benzene rings is 2. The molecule has 0 aromatic heterocycles. The third kappa shape index (κ3) is 5.93. The molecule has 0 aliphatic rings. The highest BCUT2D eigenvalue weighted by atomic mass is 35.5. The molecule has 25 heavy (non-hydrogen) atoms.